The van der Waals surface area contributed by atoms with Gasteiger partial charge >= 0.3 is 0 Å². The summed E-state index contributed by atoms with van der Waals surface area (Å²) in [6.45, 7) is 5.14. The van der Waals surface area contributed by atoms with E-state index in [1.165, 1.54) is 12.8 Å². The van der Waals surface area contributed by atoms with E-state index in [2.05, 4.69) is 24.5 Å². The van der Waals surface area contributed by atoms with E-state index in [0.29, 0.717) is 67.1 Å². The molecule has 6 rings (SSSR count). The van der Waals surface area contributed by atoms with Crippen LogP contribution >= 0.6 is 0 Å². The van der Waals surface area contributed by atoms with E-state index < -0.39 is 11.9 Å². The average Bonchev–Trinajstić information content (AvgIpc) is 3.32. The molecule has 6 aliphatic rings. The Morgan fingerprint density at radius 3 is 2.64 bits per heavy atom. The Morgan fingerprint density at radius 2 is 1.83 bits per heavy atom. The predicted octanol–water partition coefficient (Wildman–Crippen LogP) is 3.23. The van der Waals surface area contributed by atoms with E-state index >= 15 is 0 Å². The van der Waals surface area contributed by atoms with Crippen LogP contribution in [0.1, 0.15) is 52.4 Å². The molecule has 2 amide bonds. The van der Waals surface area contributed by atoms with Crippen LogP contribution in [-0.4, -0.2) is 47.5 Å². The van der Waals surface area contributed by atoms with Gasteiger partial charge in [0.15, 0.2) is 5.78 Å². The van der Waals surface area contributed by atoms with Crippen LogP contribution in [0, 0.1) is 47.3 Å². The lowest BCUT2D eigenvalue weighted by atomic mass is 9.65. The lowest BCUT2D eigenvalue weighted by Gasteiger charge is -2.36. The summed E-state index contributed by atoms with van der Waals surface area (Å²) < 4.78 is 6.40. The van der Waals surface area contributed by atoms with Crippen molar-refractivity contribution in [2.45, 2.75) is 70.6 Å². The van der Waals surface area contributed by atoms with Crippen molar-refractivity contribution < 1.29 is 24.2 Å². The van der Waals surface area contributed by atoms with Crippen LogP contribution in [0.15, 0.2) is 35.6 Å². The Balaban J connectivity index is 1.32. The molecular formula is C29H38N2O5. The molecule has 0 unspecified atom stereocenters. The quantitative estimate of drug-likeness (QED) is 0.383. The first kappa shape index (κ1) is 24.0. The van der Waals surface area contributed by atoms with E-state index in [0.717, 1.165) is 18.8 Å². The number of rotatable bonds is 1. The molecule has 7 heteroatoms. The van der Waals surface area contributed by atoms with Crippen molar-refractivity contribution in [2.24, 2.45) is 47.3 Å². The molecule has 7 nitrogen and oxygen atoms in total. The van der Waals surface area contributed by atoms with Crippen LogP contribution in [0.5, 0.6) is 0 Å². The number of ether oxygens (including phenoxy) is 1. The molecule has 3 aliphatic heterocycles. The number of nitrogens with one attached hydrogen (secondary N) is 2. The van der Waals surface area contributed by atoms with Crippen LogP contribution in [0.3, 0.4) is 0 Å². The van der Waals surface area contributed by atoms with Gasteiger partial charge in [-0.2, -0.15) is 0 Å². The molecule has 2 saturated heterocycles. The van der Waals surface area contributed by atoms with E-state index in [-0.39, 0.29) is 28.9 Å². The predicted molar refractivity (Wildman–Crippen MR) is 134 cm³/mol. The number of aliphatic hydroxyl groups is 1. The molecule has 0 aromatic carbocycles. The molecular weight excluding hydrogens is 456 g/mol. The molecule has 0 spiro atoms. The molecule has 3 saturated carbocycles. The number of hydrogen-bond acceptors (Lipinski definition) is 5. The number of aliphatic hydroxyl groups excluding tert-OH is 1. The molecule has 0 aromatic rings. The van der Waals surface area contributed by atoms with Crippen molar-refractivity contribution in [1.82, 2.24) is 10.6 Å². The molecule has 0 aromatic heterocycles. The highest BCUT2D eigenvalue weighted by molar-refractivity contribution is 6.27. The Kier molecular flexibility index (Phi) is 6.09. The van der Waals surface area contributed by atoms with Gasteiger partial charge in [0, 0.05) is 6.54 Å². The van der Waals surface area contributed by atoms with Gasteiger partial charge in [-0.25, -0.2) is 0 Å². The summed E-state index contributed by atoms with van der Waals surface area (Å²) in [7, 11) is 0. The summed E-state index contributed by atoms with van der Waals surface area (Å²) in [4.78, 5) is 37.7. The Bertz CT molecular complexity index is 1050. The maximum atomic E-state index is 12.8. The minimum Gasteiger partial charge on any atom is -0.507 e. The zero-order chi connectivity index (χ0) is 25.1. The Hall–Kier alpha value is -2.41. The van der Waals surface area contributed by atoms with Gasteiger partial charge in [-0.3, -0.25) is 14.4 Å². The monoisotopic (exact) mass is 494 g/mol. The summed E-state index contributed by atoms with van der Waals surface area (Å²) in [6, 6.07) is -0.651. The molecule has 11 atom stereocenters. The largest absolute Gasteiger partial charge is 0.507 e. The summed E-state index contributed by atoms with van der Waals surface area (Å²) >= 11 is 0. The highest BCUT2D eigenvalue weighted by Gasteiger charge is 2.67. The van der Waals surface area contributed by atoms with Gasteiger partial charge in [0.1, 0.15) is 11.3 Å². The van der Waals surface area contributed by atoms with Crippen LogP contribution in [-0.2, 0) is 19.1 Å². The Morgan fingerprint density at radius 1 is 1.06 bits per heavy atom. The number of carbonyl (C=O) groups excluding carboxylic acids is 3. The van der Waals surface area contributed by atoms with Gasteiger partial charge in [0.25, 0.3) is 5.91 Å². The summed E-state index contributed by atoms with van der Waals surface area (Å²) in [5, 5.41) is 16.4. The first-order valence-electron chi connectivity index (χ1n) is 13.9. The standard InChI is InChI=1S/C29H38N2O5/c1-3-16-14(2)12-18-19-13-15-9-10-21(32)25-26(34)20(31-29(25)35)7-5-11-30-22(33)8-4-6-17(15)24(19)28-27(36-28)23(16)18/h4,8-10,14-20,23-24,27-28,32H,3,5-7,11-13H2,1-2H3,(H,30,33)(H,31,35)/b8-4-,10-9+,25-21?/t14-,15-,16-,17+,18-,19-,20-,23+,24-,27-,28+/m1/s1. The summed E-state index contributed by atoms with van der Waals surface area (Å²) in [5.74, 6) is 3.03. The van der Waals surface area contributed by atoms with Gasteiger partial charge in [0.05, 0.1) is 18.2 Å². The second-order valence-corrected chi connectivity index (χ2v) is 12.0. The molecule has 36 heavy (non-hydrogen) atoms. The minimum atomic E-state index is -0.651. The molecule has 2 bridgehead atoms. The van der Waals surface area contributed by atoms with Crippen LogP contribution < -0.4 is 10.6 Å². The van der Waals surface area contributed by atoms with Crippen molar-refractivity contribution in [2.75, 3.05) is 6.54 Å². The van der Waals surface area contributed by atoms with Crippen molar-refractivity contribution in [3.63, 3.8) is 0 Å². The first-order chi connectivity index (χ1) is 17.4. The van der Waals surface area contributed by atoms with Crippen LogP contribution in [0.25, 0.3) is 0 Å². The highest BCUT2D eigenvalue weighted by Crippen LogP contribution is 2.66. The summed E-state index contributed by atoms with van der Waals surface area (Å²) in [5.41, 5.74) is -0.139. The molecule has 0 radical (unpaired) electrons. The normalized spacial score (nSPS) is 47.8. The molecule has 3 aliphatic carbocycles. The second-order valence-electron chi connectivity index (χ2n) is 12.0. The van der Waals surface area contributed by atoms with Gasteiger partial charge in [-0.15, -0.1) is 0 Å². The average molecular weight is 495 g/mol. The van der Waals surface area contributed by atoms with Gasteiger partial charge in [0.2, 0.25) is 5.91 Å². The number of epoxide rings is 1. The minimum absolute atomic E-state index is 0.122. The molecule has 3 N–H and O–H groups in total. The number of fused-ring (bicyclic) bond motifs is 10. The number of amides is 2. The third-order valence-corrected chi connectivity index (χ3v) is 10.3. The number of hydrogen-bond donors (Lipinski definition) is 3. The van der Waals surface area contributed by atoms with Crippen molar-refractivity contribution in [3.8, 4) is 0 Å². The Labute approximate surface area is 212 Å². The van der Waals surface area contributed by atoms with Gasteiger partial charge < -0.3 is 20.5 Å². The lowest BCUT2D eigenvalue weighted by molar-refractivity contribution is -0.118. The lowest BCUT2D eigenvalue weighted by Crippen LogP contribution is -2.39. The maximum absolute atomic E-state index is 12.8. The van der Waals surface area contributed by atoms with Crippen LogP contribution in [0.2, 0.25) is 0 Å². The van der Waals surface area contributed by atoms with Gasteiger partial charge in [-0.1, -0.05) is 32.4 Å². The molecule has 194 valence electrons. The highest BCUT2D eigenvalue weighted by atomic mass is 16.6. The van der Waals surface area contributed by atoms with Crippen LogP contribution in [0.4, 0.5) is 0 Å². The van der Waals surface area contributed by atoms with Crippen molar-refractivity contribution >= 4 is 17.6 Å². The van der Waals surface area contributed by atoms with E-state index in [1.807, 2.05) is 12.2 Å². The van der Waals surface area contributed by atoms with E-state index in [4.69, 9.17) is 4.74 Å². The zero-order valence-electron chi connectivity index (χ0n) is 21.2. The van der Waals surface area contributed by atoms with Crippen molar-refractivity contribution in [1.29, 1.82) is 0 Å². The third kappa shape index (κ3) is 3.85. The van der Waals surface area contributed by atoms with E-state index in [9.17, 15) is 19.5 Å². The smallest absolute Gasteiger partial charge is 0.259 e. The fourth-order valence-corrected chi connectivity index (χ4v) is 8.82. The SMILES string of the molecule is CC[C@H]1[C@H]2[C@H](C[C@H]1C)[C@H]1C[C@H]3/C=C/C(O)=C4C(=O)N[C@H](CCCNC(=O)/C=C\C[C@@H]3[C@H]1[C@@H]1O[C@@H]12)C4=O. The van der Waals surface area contributed by atoms with Gasteiger partial charge in [-0.05, 0) is 91.6 Å². The number of carbonyl (C=O) groups is 3. The fourth-order valence-electron chi connectivity index (χ4n) is 8.82. The van der Waals surface area contributed by atoms with E-state index in [1.54, 1.807) is 12.2 Å². The molecule has 3 heterocycles. The second kappa shape index (κ2) is 9.16. The van der Waals surface area contributed by atoms with Crippen molar-refractivity contribution in [3.05, 3.63) is 35.6 Å². The summed E-state index contributed by atoms with van der Waals surface area (Å²) in [6.07, 6.45) is 13.1. The third-order valence-electron chi connectivity index (χ3n) is 10.3. The topological polar surface area (TPSA) is 108 Å². The molecule has 5 fully saturated rings. The zero-order valence-corrected chi connectivity index (χ0v) is 21.2. The first-order valence-corrected chi connectivity index (χ1v) is 13.9. The number of Topliss-reactive ketones (excluding diaryl/α,β-unsaturated/α-hetero) is 1. The number of allylic oxidation sites excluding steroid dienone is 3. The fraction of sp³-hybridized carbons (Fsp3) is 0.690. The maximum Gasteiger partial charge on any atom is 0.259 e. The number of ketones is 1.